The molecular weight excluding hydrogens is 260 g/mol. The number of thiazole rings is 1. The predicted molar refractivity (Wildman–Crippen MR) is 76.4 cm³/mol. The Kier molecular flexibility index (Phi) is 3.66. The maximum atomic E-state index is 5.82. The normalized spacial score (nSPS) is 18.6. The number of nitrogen functional groups attached to an aromatic ring is 1. The number of hydrogen-bond acceptors (Lipinski definition) is 5. The minimum atomic E-state index is 0.513. The van der Waals surface area contributed by atoms with Gasteiger partial charge in [-0.2, -0.15) is 0 Å². The van der Waals surface area contributed by atoms with Crippen LogP contribution in [0, 0.1) is 5.92 Å². The van der Waals surface area contributed by atoms with Crippen LogP contribution < -0.4 is 10.5 Å². The lowest BCUT2D eigenvalue weighted by Crippen LogP contribution is -2.11. The molecule has 0 saturated carbocycles. The maximum absolute atomic E-state index is 5.82. The molecule has 19 heavy (non-hydrogen) atoms. The number of hydrogen-bond donors (Lipinski definition) is 1. The number of ether oxygens (including phenoxy) is 2. The van der Waals surface area contributed by atoms with Crippen molar-refractivity contribution in [1.29, 1.82) is 0 Å². The van der Waals surface area contributed by atoms with E-state index in [1.54, 1.807) is 0 Å². The van der Waals surface area contributed by atoms with Crippen LogP contribution in [-0.4, -0.2) is 24.8 Å². The van der Waals surface area contributed by atoms with Crippen molar-refractivity contribution in [3.05, 3.63) is 29.6 Å². The first-order valence-corrected chi connectivity index (χ1v) is 7.21. The van der Waals surface area contributed by atoms with Gasteiger partial charge in [0, 0.05) is 23.5 Å². The van der Waals surface area contributed by atoms with Gasteiger partial charge in [-0.25, -0.2) is 4.98 Å². The number of anilines is 1. The monoisotopic (exact) mass is 276 g/mol. The molecule has 5 heteroatoms. The van der Waals surface area contributed by atoms with Crippen molar-refractivity contribution in [1.82, 2.24) is 4.98 Å². The van der Waals surface area contributed by atoms with Crippen LogP contribution in [0.5, 0.6) is 5.75 Å². The Morgan fingerprint density at radius 3 is 3.16 bits per heavy atom. The molecule has 0 aliphatic carbocycles. The van der Waals surface area contributed by atoms with E-state index in [1.807, 2.05) is 29.6 Å². The summed E-state index contributed by atoms with van der Waals surface area (Å²) >= 11 is 1.45. The van der Waals surface area contributed by atoms with Crippen LogP contribution in [0.2, 0.25) is 0 Å². The van der Waals surface area contributed by atoms with Crippen LogP contribution in [0.3, 0.4) is 0 Å². The van der Waals surface area contributed by atoms with Crippen molar-refractivity contribution in [2.24, 2.45) is 5.92 Å². The fourth-order valence-electron chi connectivity index (χ4n) is 2.09. The molecule has 1 unspecified atom stereocenters. The fourth-order valence-corrected chi connectivity index (χ4v) is 2.67. The number of rotatable bonds is 4. The number of nitrogens with zero attached hydrogens (tertiary/aromatic N) is 1. The number of benzene rings is 1. The van der Waals surface area contributed by atoms with Crippen molar-refractivity contribution in [3.8, 4) is 17.0 Å². The maximum Gasteiger partial charge on any atom is 0.180 e. The van der Waals surface area contributed by atoms with Crippen LogP contribution >= 0.6 is 11.3 Å². The van der Waals surface area contributed by atoms with Crippen molar-refractivity contribution in [2.75, 3.05) is 25.6 Å². The Hall–Kier alpha value is -1.59. The predicted octanol–water partition coefficient (Wildman–Crippen LogP) is 2.81. The largest absolute Gasteiger partial charge is 0.493 e. The van der Waals surface area contributed by atoms with E-state index in [4.69, 9.17) is 15.2 Å². The van der Waals surface area contributed by atoms with Crippen molar-refractivity contribution in [2.45, 2.75) is 6.42 Å². The number of nitrogens with two attached hydrogens (primary N) is 1. The molecule has 3 rings (SSSR count). The van der Waals surface area contributed by atoms with E-state index >= 15 is 0 Å². The molecule has 0 bridgehead atoms. The van der Waals surface area contributed by atoms with Gasteiger partial charge >= 0.3 is 0 Å². The first kappa shape index (κ1) is 12.4. The summed E-state index contributed by atoms with van der Waals surface area (Å²) in [5.74, 6) is 1.38. The minimum absolute atomic E-state index is 0.513. The van der Waals surface area contributed by atoms with E-state index in [0.29, 0.717) is 17.7 Å². The van der Waals surface area contributed by atoms with E-state index in [1.165, 1.54) is 11.3 Å². The van der Waals surface area contributed by atoms with Gasteiger partial charge in [-0.15, -0.1) is 11.3 Å². The van der Waals surface area contributed by atoms with Crippen molar-refractivity contribution < 1.29 is 9.47 Å². The lowest BCUT2D eigenvalue weighted by atomic mass is 10.1. The second-order valence-corrected chi connectivity index (χ2v) is 5.53. The van der Waals surface area contributed by atoms with Crippen LogP contribution in [-0.2, 0) is 4.74 Å². The van der Waals surface area contributed by atoms with Crippen molar-refractivity contribution in [3.63, 3.8) is 0 Å². The fraction of sp³-hybridized carbons (Fsp3) is 0.357. The molecule has 0 amide bonds. The van der Waals surface area contributed by atoms with Gasteiger partial charge in [-0.3, -0.25) is 0 Å². The molecule has 1 fully saturated rings. The van der Waals surface area contributed by atoms with Gasteiger partial charge in [-0.05, 0) is 18.6 Å². The molecular formula is C14H16N2O2S. The smallest absolute Gasteiger partial charge is 0.180 e. The average Bonchev–Trinajstić information content (AvgIpc) is 3.08. The zero-order valence-corrected chi connectivity index (χ0v) is 11.4. The Labute approximate surface area is 116 Å². The molecule has 0 radical (unpaired) electrons. The highest BCUT2D eigenvalue weighted by Crippen LogP contribution is 2.26. The van der Waals surface area contributed by atoms with Gasteiger partial charge in [0.25, 0.3) is 0 Å². The molecule has 1 aromatic heterocycles. The average molecular weight is 276 g/mol. The molecule has 100 valence electrons. The Morgan fingerprint density at radius 1 is 1.47 bits per heavy atom. The third kappa shape index (κ3) is 3.05. The van der Waals surface area contributed by atoms with Crippen molar-refractivity contribution >= 4 is 16.5 Å². The summed E-state index contributed by atoms with van der Waals surface area (Å²) in [6, 6.07) is 7.96. The summed E-state index contributed by atoms with van der Waals surface area (Å²) in [5, 5.41) is 2.55. The van der Waals surface area contributed by atoms with Crippen LogP contribution in [0.25, 0.3) is 11.3 Å². The zero-order valence-electron chi connectivity index (χ0n) is 10.5. The van der Waals surface area contributed by atoms with Gasteiger partial charge in [0.05, 0.1) is 18.9 Å². The van der Waals surface area contributed by atoms with Gasteiger partial charge in [-0.1, -0.05) is 12.1 Å². The molecule has 1 atom stereocenters. The van der Waals surface area contributed by atoms with E-state index < -0.39 is 0 Å². The molecule has 2 aromatic rings. The van der Waals surface area contributed by atoms with E-state index in [-0.39, 0.29) is 0 Å². The summed E-state index contributed by atoms with van der Waals surface area (Å²) in [5.41, 5.74) is 7.59. The first-order valence-electron chi connectivity index (χ1n) is 6.33. The zero-order chi connectivity index (χ0) is 13.1. The lowest BCUT2D eigenvalue weighted by Gasteiger charge is -2.10. The van der Waals surface area contributed by atoms with E-state index in [2.05, 4.69) is 4.98 Å². The quantitative estimate of drug-likeness (QED) is 0.933. The second kappa shape index (κ2) is 5.59. The topological polar surface area (TPSA) is 57.4 Å². The molecule has 1 saturated heterocycles. The second-order valence-electron chi connectivity index (χ2n) is 4.64. The summed E-state index contributed by atoms with van der Waals surface area (Å²) in [6.07, 6.45) is 1.09. The SMILES string of the molecule is Nc1nc(-c2cccc(OCC3CCOC3)c2)cs1. The molecule has 1 aromatic carbocycles. The molecule has 2 heterocycles. The van der Waals surface area contributed by atoms with Gasteiger partial charge in [0.2, 0.25) is 0 Å². The van der Waals surface area contributed by atoms with E-state index in [9.17, 15) is 0 Å². The summed E-state index contributed by atoms with van der Waals surface area (Å²) in [7, 11) is 0. The highest BCUT2D eigenvalue weighted by Gasteiger charge is 2.16. The van der Waals surface area contributed by atoms with Gasteiger partial charge in [0.15, 0.2) is 5.13 Å². The first-order chi connectivity index (χ1) is 9.31. The highest BCUT2D eigenvalue weighted by atomic mass is 32.1. The standard InChI is InChI=1S/C14H16N2O2S/c15-14-16-13(9-19-14)11-2-1-3-12(6-11)18-8-10-4-5-17-7-10/h1-3,6,9-10H,4-5,7-8H2,(H2,15,16). The Balaban J connectivity index is 1.69. The molecule has 1 aliphatic rings. The summed E-state index contributed by atoms with van der Waals surface area (Å²) in [6.45, 7) is 2.37. The molecule has 2 N–H and O–H groups in total. The Bertz CT molecular complexity index is 550. The molecule has 0 spiro atoms. The lowest BCUT2D eigenvalue weighted by molar-refractivity contribution is 0.167. The highest BCUT2D eigenvalue weighted by molar-refractivity contribution is 7.13. The van der Waals surface area contributed by atoms with Crippen LogP contribution in [0.4, 0.5) is 5.13 Å². The Morgan fingerprint density at radius 2 is 2.42 bits per heavy atom. The van der Waals surface area contributed by atoms with Crippen LogP contribution in [0.15, 0.2) is 29.6 Å². The summed E-state index contributed by atoms with van der Waals surface area (Å²) in [4.78, 5) is 4.28. The summed E-state index contributed by atoms with van der Waals surface area (Å²) < 4.78 is 11.2. The number of aromatic nitrogens is 1. The third-order valence-electron chi connectivity index (χ3n) is 3.16. The molecule has 4 nitrogen and oxygen atoms in total. The van der Waals surface area contributed by atoms with Gasteiger partial charge < -0.3 is 15.2 Å². The third-order valence-corrected chi connectivity index (χ3v) is 3.84. The minimum Gasteiger partial charge on any atom is -0.493 e. The van der Waals surface area contributed by atoms with E-state index in [0.717, 1.165) is 36.6 Å². The van der Waals surface area contributed by atoms with Crippen LogP contribution in [0.1, 0.15) is 6.42 Å². The van der Waals surface area contributed by atoms with Gasteiger partial charge in [0.1, 0.15) is 5.75 Å². The molecule has 1 aliphatic heterocycles.